The highest BCUT2D eigenvalue weighted by molar-refractivity contribution is 9.10. The Balaban J connectivity index is 2.05. The quantitative estimate of drug-likeness (QED) is 0.628. The molecule has 0 aliphatic carbocycles. The van der Waals surface area contributed by atoms with Gasteiger partial charge in [-0.25, -0.2) is 4.79 Å². The van der Waals surface area contributed by atoms with Crippen LogP contribution in [-0.4, -0.2) is 7.11 Å². The van der Waals surface area contributed by atoms with E-state index < -0.39 is 11.5 Å². The predicted octanol–water partition coefficient (Wildman–Crippen LogP) is 3.78. The van der Waals surface area contributed by atoms with E-state index in [1.807, 2.05) is 6.07 Å². The number of hydrogen-bond donors (Lipinski definition) is 1. The van der Waals surface area contributed by atoms with Crippen LogP contribution >= 0.6 is 15.9 Å². The molecule has 0 bridgehead atoms. The van der Waals surface area contributed by atoms with Crippen LogP contribution in [0.2, 0.25) is 0 Å². The van der Waals surface area contributed by atoms with Gasteiger partial charge in [0.1, 0.15) is 23.0 Å². The van der Waals surface area contributed by atoms with Crippen molar-refractivity contribution in [3.63, 3.8) is 0 Å². The number of hydrogen-bond acceptors (Lipinski definition) is 6. The van der Waals surface area contributed by atoms with Crippen LogP contribution in [0.25, 0.3) is 11.0 Å². The molecule has 0 saturated heterocycles. The molecule has 0 saturated carbocycles. The van der Waals surface area contributed by atoms with Crippen molar-refractivity contribution in [1.82, 2.24) is 0 Å². The molecule has 1 aliphatic rings. The highest BCUT2D eigenvalue weighted by atomic mass is 79.9. The van der Waals surface area contributed by atoms with Gasteiger partial charge in [0.05, 0.1) is 28.5 Å². The Bertz CT molecular complexity index is 1210. The van der Waals surface area contributed by atoms with E-state index in [9.17, 15) is 10.1 Å². The van der Waals surface area contributed by atoms with Crippen molar-refractivity contribution >= 4 is 26.9 Å². The number of para-hydroxylation sites is 1. The normalized spacial score (nSPS) is 15.8. The number of benzene rings is 2. The first-order valence-electron chi connectivity index (χ1n) is 8.02. The lowest BCUT2D eigenvalue weighted by Gasteiger charge is -2.26. The van der Waals surface area contributed by atoms with Crippen molar-refractivity contribution in [2.75, 3.05) is 7.11 Å². The molecule has 0 fully saturated rings. The van der Waals surface area contributed by atoms with Crippen molar-refractivity contribution in [1.29, 1.82) is 5.26 Å². The van der Waals surface area contributed by atoms with Gasteiger partial charge in [-0.1, -0.05) is 18.2 Å². The maximum atomic E-state index is 12.8. The minimum atomic E-state index is -0.707. The summed E-state index contributed by atoms with van der Waals surface area (Å²) in [5.41, 5.74) is 6.95. The molecule has 134 valence electrons. The molecule has 2 aromatic carbocycles. The summed E-state index contributed by atoms with van der Waals surface area (Å²) in [5, 5.41) is 10.3. The Morgan fingerprint density at radius 3 is 2.74 bits per heavy atom. The molecule has 6 nitrogen and oxygen atoms in total. The van der Waals surface area contributed by atoms with Gasteiger partial charge in [0.2, 0.25) is 5.88 Å². The Morgan fingerprint density at radius 2 is 2.04 bits per heavy atom. The standard InChI is InChI=1S/C20H13BrN2O4/c1-25-15-7-6-10(8-13(15)21)16-12(9-22)19(23)27-18-11-4-2-3-5-14(11)26-20(24)17(16)18/h2-8,16H,23H2,1H3. The zero-order valence-electron chi connectivity index (χ0n) is 14.2. The van der Waals surface area contributed by atoms with E-state index in [1.54, 1.807) is 43.5 Å². The summed E-state index contributed by atoms with van der Waals surface area (Å²) >= 11 is 3.44. The fraction of sp³-hybridized carbons (Fsp3) is 0.100. The summed E-state index contributed by atoms with van der Waals surface area (Å²) in [7, 11) is 1.56. The highest BCUT2D eigenvalue weighted by Crippen LogP contribution is 2.44. The molecule has 4 rings (SSSR count). The van der Waals surface area contributed by atoms with Crippen LogP contribution in [0.3, 0.4) is 0 Å². The molecule has 1 atom stereocenters. The Labute approximate surface area is 162 Å². The molecule has 3 aromatic rings. The zero-order chi connectivity index (χ0) is 19.1. The van der Waals surface area contributed by atoms with Crippen LogP contribution in [0, 0.1) is 11.3 Å². The topological polar surface area (TPSA) is 98.5 Å². The number of halogens is 1. The number of nitriles is 1. The van der Waals surface area contributed by atoms with Crippen LogP contribution in [0.15, 0.2) is 67.6 Å². The van der Waals surface area contributed by atoms with Crippen LogP contribution < -0.4 is 20.8 Å². The predicted molar refractivity (Wildman–Crippen MR) is 102 cm³/mol. The number of methoxy groups -OCH3 is 1. The fourth-order valence-electron chi connectivity index (χ4n) is 3.26. The summed E-state index contributed by atoms with van der Waals surface area (Å²) in [5.74, 6) is 0.210. The zero-order valence-corrected chi connectivity index (χ0v) is 15.7. The summed E-state index contributed by atoms with van der Waals surface area (Å²) in [4.78, 5) is 12.8. The van der Waals surface area contributed by atoms with E-state index in [-0.39, 0.29) is 17.0 Å². The summed E-state index contributed by atoms with van der Waals surface area (Å²) < 4.78 is 17.1. The molecular weight excluding hydrogens is 412 g/mol. The highest BCUT2D eigenvalue weighted by Gasteiger charge is 2.35. The van der Waals surface area contributed by atoms with Crippen LogP contribution in [-0.2, 0) is 0 Å². The lowest BCUT2D eigenvalue weighted by Crippen LogP contribution is -2.26. The molecule has 0 amide bonds. The van der Waals surface area contributed by atoms with Gasteiger partial charge in [0.25, 0.3) is 0 Å². The van der Waals surface area contributed by atoms with Gasteiger partial charge in [-0.2, -0.15) is 5.26 Å². The second-order valence-corrected chi connectivity index (χ2v) is 6.80. The smallest absolute Gasteiger partial charge is 0.344 e. The molecule has 2 heterocycles. The van der Waals surface area contributed by atoms with Crippen molar-refractivity contribution < 1.29 is 13.9 Å². The largest absolute Gasteiger partial charge is 0.496 e. The molecule has 2 N–H and O–H groups in total. The summed E-state index contributed by atoms with van der Waals surface area (Å²) in [6.07, 6.45) is 0. The third kappa shape index (κ3) is 2.66. The first kappa shape index (κ1) is 17.2. The first-order chi connectivity index (χ1) is 13.0. The van der Waals surface area contributed by atoms with Gasteiger partial charge < -0.3 is 19.6 Å². The molecule has 7 heteroatoms. The average Bonchev–Trinajstić information content (AvgIpc) is 2.67. The van der Waals surface area contributed by atoms with Crippen molar-refractivity contribution in [3.05, 3.63) is 79.9 Å². The molecule has 1 aliphatic heterocycles. The lowest BCUT2D eigenvalue weighted by molar-refractivity contribution is 0.388. The molecule has 27 heavy (non-hydrogen) atoms. The van der Waals surface area contributed by atoms with E-state index >= 15 is 0 Å². The third-order valence-electron chi connectivity index (χ3n) is 4.48. The van der Waals surface area contributed by atoms with E-state index in [4.69, 9.17) is 19.6 Å². The first-order valence-corrected chi connectivity index (χ1v) is 8.81. The molecule has 0 spiro atoms. The van der Waals surface area contributed by atoms with Crippen molar-refractivity contribution in [2.45, 2.75) is 5.92 Å². The second-order valence-electron chi connectivity index (χ2n) is 5.95. The van der Waals surface area contributed by atoms with Crippen LogP contribution in [0.1, 0.15) is 17.0 Å². The van der Waals surface area contributed by atoms with Crippen LogP contribution in [0.4, 0.5) is 0 Å². The summed E-state index contributed by atoms with van der Waals surface area (Å²) in [6, 6.07) is 14.4. The molecule has 1 unspecified atom stereocenters. The van der Waals surface area contributed by atoms with Crippen LogP contribution in [0.5, 0.6) is 11.5 Å². The van der Waals surface area contributed by atoms with Crippen molar-refractivity contribution in [3.8, 4) is 17.6 Å². The minimum absolute atomic E-state index is 0.0299. The maximum absolute atomic E-state index is 12.8. The number of nitrogens with zero attached hydrogens (tertiary/aromatic N) is 1. The number of ether oxygens (including phenoxy) is 2. The molecule has 1 aromatic heterocycles. The van der Waals surface area contributed by atoms with E-state index in [2.05, 4.69) is 22.0 Å². The average molecular weight is 425 g/mol. The lowest BCUT2D eigenvalue weighted by atomic mass is 9.84. The Hall–Kier alpha value is -3.24. The van der Waals surface area contributed by atoms with E-state index in [1.165, 1.54) is 0 Å². The SMILES string of the molecule is COc1ccc(C2C(C#N)=C(N)Oc3c2c(=O)oc2ccccc32)cc1Br. The number of rotatable bonds is 2. The summed E-state index contributed by atoms with van der Waals surface area (Å²) in [6.45, 7) is 0. The van der Waals surface area contributed by atoms with Gasteiger partial charge in [0, 0.05) is 0 Å². The number of nitrogens with two attached hydrogens (primary N) is 1. The van der Waals surface area contributed by atoms with Gasteiger partial charge >= 0.3 is 5.63 Å². The fourth-order valence-corrected chi connectivity index (χ4v) is 3.82. The number of fused-ring (bicyclic) bond motifs is 3. The van der Waals surface area contributed by atoms with E-state index in [0.29, 0.717) is 32.5 Å². The van der Waals surface area contributed by atoms with E-state index in [0.717, 1.165) is 0 Å². The Morgan fingerprint density at radius 1 is 1.26 bits per heavy atom. The number of allylic oxidation sites excluding steroid dienone is 1. The maximum Gasteiger partial charge on any atom is 0.344 e. The van der Waals surface area contributed by atoms with Crippen molar-refractivity contribution in [2.24, 2.45) is 5.73 Å². The third-order valence-corrected chi connectivity index (χ3v) is 5.10. The Kier molecular flexibility index (Phi) is 4.13. The van der Waals surface area contributed by atoms with Gasteiger partial charge in [-0.05, 0) is 45.8 Å². The molecular formula is C20H13BrN2O4. The van der Waals surface area contributed by atoms with Gasteiger partial charge in [-0.3, -0.25) is 0 Å². The monoisotopic (exact) mass is 424 g/mol. The van der Waals surface area contributed by atoms with Gasteiger partial charge in [-0.15, -0.1) is 0 Å². The second kappa shape index (κ2) is 6.49. The van der Waals surface area contributed by atoms with Gasteiger partial charge in [0.15, 0.2) is 5.75 Å². The molecule has 0 radical (unpaired) electrons. The minimum Gasteiger partial charge on any atom is -0.496 e.